The van der Waals surface area contributed by atoms with Crippen molar-refractivity contribution in [1.82, 2.24) is 9.97 Å². The Morgan fingerprint density at radius 2 is 2.04 bits per heavy atom. The zero-order chi connectivity index (χ0) is 18.3. The minimum absolute atomic E-state index is 0.0928. The maximum Gasteiger partial charge on any atom is 0.313 e. The highest BCUT2D eigenvalue weighted by atomic mass is 16.5. The van der Waals surface area contributed by atoms with Crippen LogP contribution in [0.15, 0.2) is 48.8 Å². The van der Waals surface area contributed by atoms with Crippen molar-refractivity contribution < 1.29 is 14.3 Å². The summed E-state index contributed by atoms with van der Waals surface area (Å²) >= 11 is 0. The SMILES string of the molecule is COC(=O)C1CC(C)N(C(=O)c2ccc3nc[nH]c3c2)c2ccccc21. The monoisotopic (exact) mass is 349 g/mol. The van der Waals surface area contributed by atoms with Gasteiger partial charge in [-0.3, -0.25) is 9.59 Å². The number of esters is 1. The summed E-state index contributed by atoms with van der Waals surface area (Å²) in [5.74, 6) is -0.717. The number of aromatic amines is 1. The molecule has 2 unspecified atom stereocenters. The second kappa shape index (κ2) is 6.29. The number of carbonyl (C=O) groups excluding carboxylic acids is 2. The first-order valence-corrected chi connectivity index (χ1v) is 8.53. The predicted molar refractivity (Wildman–Crippen MR) is 98.2 cm³/mol. The van der Waals surface area contributed by atoms with Crippen LogP contribution in [0.4, 0.5) is 5.69 Å². The Hall–Kier alpha value is -3.15. The molecular weight excluding hydrogens is 330 g/mol. The number of imidazole rings is 1. The molecule has 1 N–H and O–H groups in total. The molecule has 0 fully saturated rings. The number of rotatable bonds is 2. The van der Waals surface area contributed by atoms with E-state index in [1.165, 1.54) is 7.11 Å². The molecule has 0 bridgehead atoms. The van der Waals surface area contributed by atoms with Gasteiger partial charge in [-0.2, -0.15) is 0 Å². The number of anilines is 1. The normalized spacial score (nSPS) is 19.2. The summed E-state index contributed by atoms with van der Waals surface area (Å²) in [6.45, 7) is 1.96. The molecule has 0 aliphatic carbocycles. The number of carbonyl (C=O) groups is 2. The quantitative estimate of drug-likeness (QED) is 0.721. The Bertz CT molecular complexity index is 995. The van der Waals surface area contributed by atoms with Crippen LogP contribution >= 0.6 is 0 Å². The van der Waals surface area contributed by atoms with Crippen molar-refractivity contribution in [2.45, 2.75) is 25.3 Å². The highest BCUT2D eigenvalue weighted by Crippen LogP contribution is 2.39. The summed E-state index contributed by atoms with van der Waals surface area (Å²) in [5, 5.41) is 0. The van der Waals surface area contributed by atoms with Crippen LogP contribution in [0.5, 0.6) is 0 Å². The van der Waals surface area contributed by atoms with Crippen LogP contribution in [-0.4, -0.2) is 35.0 Å². The summed E-state index contributed by atoms with van der Waals surface area (Å²) < 4.78 is 4.96. The van der Waals surface area contributed by atoms with Crippen LogP contribution in [-0.2, 0) is 9.53 Å². The number of methoxy groups -OCH3 is 1. The van der Waals surface area contributed by atoms with E-state index in [-0.39, 0.29) is 23.8 Å². The summed E-state index contributed by atoms with van der Waals surface area (Å²) in [6, 6.07) is 12.8. The smallest absolute Gasteiger partial charge is 0.313 e. The fraction of sp³-hybridized carbons (Fsp3) is 0.250. The van der Waals surface area contributed by atoms with E-state index >= 15 is 0 Å². The van der Waals surface area contributed by atoms with Gasteiger partial charge in [-0.25, -0.2) is 4.98 Å². The first-order chi connectivity index (χ1) is 12.6. The highest BCUT2D eigenvalue weighted by molar-refractivity contribution is 6.09. The zero-order valence-corrected chi connectivity index (χ0v) is 14.6. The third-order valence-corrected chi connectivity index (χ3v) is 4.96. The molecule has 6 heteroatoms. The van der Waals surface area contributed by atoms with Crippen molar-refractivity contribution in [1.29, 1.82) is 0 Å². The number of para-hydroxylation sites is 1. The lowest BCUT2D eigenvalue weighted by Gasteiger charge is -2.38. The van der Waals surface area contributed by atoms with Crippen molar-refractivity contribution in [3.8, 4) is 0 Å². The number of nitrogens with one attached hydrogen (secondary N) is 1. The average Bonchev–Trinajstić information content (AvgIpc) is 3.14. The highest BCUT2D eigenvalue weighted by Gasteiger charge is 2.37. The van der Waals surface area contributed by atoms with Gasteiger partial charge >= 0.3 is 5.97 Å². The molecule has 0 radical (unpaired) electrons. The number of ether oxygens (including phenoxy) is 1. The minimum atomic E-state index is -0.356. The first-order valence-electron chi connectivity index (χ1n) is 8.53. The molecule has 4 rings (SSSR count). The van der Waals surface area contributed by atoms with Gasteiger partial charge < -0.3 is 14.6 Å². The van der Waals surface area contributed by atoms with Crippen molar-refractivity contribution >= 4 is 28.6 Å². The lowest BCUT2D eigenvalue weighted by Crippen LogP contribution is -2.44. The number of aromatic nitrogens is 2. The fourth-order valence-electron chi connectivity index (χ4n) is 3.70. The topological polar surface area (TPSA) is 75.3 Å². The van der Waals surface area contributed by atoms with Gasteiger partial charge in [-0.05, 0) is 43.2 Å². The maximum atomic E-state index is 13.3. The number of H-pyrrole nitrogens is 1. The summed E-state index contributed by atoms with van der Waals surface area (Å²) in [7, 11) is 1.40. The lowest BCUT2D eigenvalue weighted by molar-refractivity contribution is -0.142. The molecule has 2 aromatic carbocycles. The molecule has 1 aromatic heterocycles. The van der Waals surface area contributed by atoms with Gasteiger partial charge in [0, 0.05) is 17.3 Å². The maximum absolute atomic E-state index is 13.3. The molecule has 132 valence electrons. The number of nitrogens with zero attached hydrogens (tertiary/aromatic N) is 2. The summed E-state index contributed by atoms with van der Waals surface area (Å²) in [4.78, 5) is 34.5. The largest absolute Gasteiger partial charge is 0.469 e. The van der Waals surface area contributed by atoms with Gasteiger partial charge in [0.15, 0.2) is 0 Å². The zero-order valence-electron chi connectivity index (χ0n) is 14.6. The molecule has 1 amide bonds. The molecule has 2 atom stereocenters. The number of hydrogen-bond acceptors (Lipinski definition) is 4. The predicted octanol–water partition coefficient (Wildman–Crippen LogP) is 3.26. The van der Waals surface area contributed by atoms with Crippen LogP contribution in [0.1, 0.15) is 35.2 Å². The third-order valence-electron chi connectivity index (χ3n) is 4.96. The van der Waals surface area contributed by atoms with E-state index in [2.05, 4.69) is 9.97 Å². The van der Waals surface area contributed by atoms with Crippen molar-refractivity contribution in [2.75, 3.05) is 12.0 Å². The molecule has 2 heterocycles. The lowest BCUT2D eigenvalue weighted by atomic mass is 9.85. The van der Waals surface area contributed by atoms with E-state index in [1.54, 1.807) is 17.3 Å². The van der Waals surface area contributed by atoms with Crippen molar-refractivity contribution in [2.24, 2.45) is 0 Å². The summed E-state index contributed by atoms with van der Waals surface area (Å²) in [6.07, 6.45) is 2.14. The van der Waals surface area contributed by atoms with E-state index in [0.717, 1.165) is 22.3 Å². The van der Waals surface area contributed by atoms with E-state index < -0.39 is 0 Å². The second-order valence-electron chi connectivity index (χ2n) is 6.53. The first kappa shape index (κ1) is 16.3. The molecule has 26 heavy (non-hydrogen) atoms. The van der Waals surface area contributed by atoms with Crippen LogP contribution < -0.4 is 4.90 Å². The molecule has 0 saturated heterocycles. The van der Waals surface area contributed by atoms with Gasteiger partial charge in [-0.1, -0.05) is 18.2 Å². The third kappa shape index (κ3) is 2.54. The van der Waals surface area contributed by atoms with Crippen LogP contribution in [0, 0.1) is 0 Å². The van der Waals surface area contributed by atoms with E-state index in [1.807, 2.05) is 43.3 Å². The molecule has 0 saturated carbocycles. The summed E-state index contributed by atoms with van der Waals surface area (Å²) in [5.41, 5.74) is 3.81. The average molecular weight is 349 g/mol. The van der Waals surface area contributed by atoms with E-state index in [9.17, 15) is 9.59 Å². The van der Waals surface area contributed by atoms with Crippen LogP contribution in [0.25, 0.3) is 11.0 Å². The standard InChI is InChI=1S/C20H19N3O3/c1-12-9-15(20(25)26-2)14-5-3-4-6-18(14)23(12)19(24)13-7-8-16-17(10-13)22-11-21-16/h3-8,10-12,15H,9H2,1-2H3,(H,21,22). The molecule has 3 aromatic rings. The van der Waals surface area contributed by atoms with Gasteiger partial charge in [-0.15, -0.1) is 0 Å². The Kier molecular flexibility index (Phi) is 3.95. The molecular formula is C20H19N3O3. The minimum Gasteiger partial charge on any atom is -0.469 e. The van der Waals surface area contributed by atoms with Crippen molar-refractivity contribution in [3.63, 3.8) is 0 Å². The van der Waals surface area contributed by atoms with Gasteiger partial charge in [0.2, 0.25) is 0 Å². The van der Waals surface area contributed by atoms with Crippen LogP contribution in [0.3, 0.4) is 0 Å². The van der Waals surface area contributed by atoms with Gasteiger partial charge in [0.25, 0.3) is 5.91 Å². The van der Waals surface area contributed by atoms with E-state index in [4.69, 9.17) is 4.74 Å². The molecule has 0 spiro atoms. The number of fused-ring (bicyclic) bond motifs is 2. The van der Waals surface area contributed by atoms with Crippen molar-refractivity contribution in [3.05, 3.63) is 59.9 Å². The van der Waals surface area contributed by atoms with E-state index in [0.29, 0.717) is 12.0 Å². The number of amides is 1. The fourth-order valence-corrected chi connectivity index (χ4v) is 3.70. The Morgan fingerprint density at radius 1 is 1.23 bits per heavy atom. The Morgan fingerprint density at radius 3 is 2.85 bits per heavy atom. The van der Waals surface area contributed by atoms with Crippen LogP contribution in [0.2, 0.25) is 0 Å². The number of hydrogen-bond donors (Lipinski definition) is 1. The molecule has 6 nitrogen and oxygen atoms in total. The Labute approximate surface area is 150 Å². The van der Waals surface area contributed by atoms with Gasteiger partial charge in [0.05, 0.1) is 30.4 Å². The Balaban J connectivity index is 1.77. The molecule has 1 aliphatic heterocycles. The second-order valence-corrected chi connectivity index (χ2v) is 6.53. The van der Waals surface area contributed by atoms with Gasteiger partial charge in [0.1, 0.15) is 0 Å². The number of benzene rings is 2. The molecule has 1 aliphatic rings.